The lowest BCUT2D eigenvalue weighted by atomic mass is 9.79. The van der Waals surface area contributed by atoms with E-state index in [-0.39, 0.29) is 41.9 Å². The highest BCUT2D eigenvalue weighted by molar-refractivity contribution is 5.85. The van der Waals surface area contributed by atoms with Crippen molar-refractivity contribution in [1.82, 2.24) is 0 Å². The Hall–Kier alpha value is -2.85. The summed E-state index contributed by atoms with van der Waals surface area (Å²) in [4.78, 5) is 11.6. The number of aldehydes is 1. The minimum absolute atomic E-state index is 0.0772. The first-order valence-corrected chi connectivity index (χ1v) is 10.5. The van der Waals surface area contributed by atoms with E-state index in [9.17, 15) is 20.1 Å². The monoisotopic (exact) mass is 445 g/mol. The van der Waals surface area contributed by atoms with E-state index >= 15 is 0 Å². The number of hydrogen-bond acceptors (Lipinski definition) is 9. The average Bonchev–Trinajstić information content (AvgIpc) is 3.09. The number of rotatable bonds is 10. The van der Waals surface area contributed by atoms with Crippen molar-refractivity contribution in [2.24, 2.45) is 5.73 Å². The zero-order chi connectivity index (χ0) is 22.7. The fourth-order valence-corrected chi connectivity index (χ4v) is 4.54. The van der Waals surface area contributed by atoms with E-state index in [0.717, 1.165) is 11.1 Å². The number of carbonyl (C=O) groups is 1. The third-order valence-corrected chi connectivity index (χ3v) is 5.91. The number of fused-ring (bicyclic) bond motifs is 5. The number of phenolic OH excluding ortho intramolecular Hbond substituents is 3. The van der Waals surface area contributed by atoms with Crippen LogP contribution in [-0.4, -0.2) is 73.4 Å². The molecule has 2 atom stereocenters. The summed E-state index contributed by atoms with van der Waals surface area (Å²) in [7, 11) is 0. The summed E-state index contributed by atoms with van der Waals surface area (Å²) >= 11 is 0. The third kappa shape index (κ3) is 4.00. The molecule has 0 spiro atoms. The van der Waals surface area contributed by atoms with E-state index in [0.29, 0.717) is 57.0 Å². The highest BCUT2D eigenvalue weighted by atomic mass is 16.6. The van der Waals surface area contributed by atoms with Gasteiger partial charge in [0.15, 0.2) is 17.8 Å². The van der Waals surface area contributed by atoms with Crippen LogP contribution in [0.2, 0.25) is 0 Å². The second-order valence-corrected chi connectivity index (χ2v) is 7.90. The Morgan fingerprint density at radius 2 is 1.72 bits per heavy atom. The molecule has 32 heavy (non-hydrogen) atoms. The summed E-state index contributed by atoms with van der Waals surface area (Å²) in [5.74, 6) is -0.663. The van der Waals surface area contributed by atoms with Crippen LogP contribution in [0, 0.1) is 0 Å². The van der Waals surface area contributed by atoms with Crippen LogP contribution >= 0.6 is 0 Å². The van der Waals surface area contributed by atoms with Crippen molar-refractivity contribution in [2.45, 2.75) is 17.9 Å². The highest BCUT2D eigenvalue weighted by Gasteiger charge is 2.53. The van der Waals surface area contributed by atoms with Crippen LogP contribution in [0.4, 0.5) is 0 Å². The molecule has 1 heterocycles. The Morgan fingerprint density at radius 1 is 1.00 bits per heavy atom. The first kappa shape index (κ1) is 22.3. The minimum Gasteiger partial charge on any atom is -0.507 e. The van der Waals surface area contributed by atoms with Gasteiger partial charge in [0.1, 0.15) is 23.7 Å². The molecule has 1 aliphatic heterocycles. The van der Waals surface area contributed by atoms with Crippen LogP contribution in [0.5, 0.6) is 23.0 Å². The van der Waals surface area contributed by atoms with Crippen molar-refractivity contribution in [3.05, 3.63) is 46.5 Å². The lowest BCUT2D eigenvalue weighted by Crippen LogP contribution is -2.47. The maximum atomic E-state index is 11.6. The summed E-state index contributed by atoms with van der Waals surface area (Å²) in [6.45, 7) is 2.57. The zero-order valence-corrected chi connectivity index (χ0v) is 17.6. The van der Waals surface area contributed by atoms with Crippen molar-refractivity contribution in [3.63, 3.8) is 0 Å². The van der Waals surface area contributed by atoms with Gasteiger partial charge in [0.05, 0.1) is 38.6 Å². The van der Waals surface area contributed by atoms with Crippen molar-refractivity contribution < 1.29 is 39.1 Å². The average molecular weight is 445 g/mol. The van der Waals surface area contributed by atoms with E-state index in [2.05, 4.69) is 0 Å². The maximum absolute atomic E-state index is 11.6. The van der Waals surface area contributed by atoms with Crippen LogP contribution < -0.4 is 10.5 Å². The van der Waals surface area contributed by atoms with E-state index in [1.807, 2.05) is 0 Å². The predicted molar refractivity (Wildman–Crippen MR) is 114 cm³/mol. The van der Waals surface area contributed by atoms with Crippen molar-refractivity contribution in [3.8, 4) is 23.0 Å². The summed E-state index contributed by atoms with van der Waals surface area (Å²) in [5.41, 5.74) is 6.92. The Morgan fingerprint density at radius 3 is 2.47 bits per heavy atom. The number of phenols is 3. The molecule has 0 radical (unpaired) electrons. The van der Waals surface area contributed by atoms with Gasteiger partial charge < -0.3 is 40.0 Å². The van der Waals surface area contributed by atoms with E-state index in [1.165, 1.54) is 18.2 Å². The van der Waals surface area contributed by atoms with Gasteiger partial charge in [-0.25, -0.2) is 0 Å². The van der Waals surface area contributed by atoms with E-state index < -0.39 is 5.60 Å². The Balaban J connectivity index is 1.59. The SMILES string of the molecule is NCCOCCOCCOC12COc3c(ccc(O)c3C=O)C1c1cc(O)c(O)cc1C2. The molecule has 4 rings (SSSR count). The summed E-state index contributed by atoms with van der Waals surface area (Å²) < 4.78 is 23.1. The van der Waals surface area contributed by atoms with Crippen molar-refractivity contribution in [2.75, 3.05) is 46.2 Å². The molecule has 0 amide bonds. The molecular weight excluding hydrogens is 418 g/mol. The molecule has 1 aliphatic carbocycles. The van der Waals surface area contributed by atoms with Gasteiger partial charge in [0.2, 0.25) is 0 Å². The van der Waals surface area contributed by atoms with Crippen LogP contribution in [0.15, 0.2) is 24.3 Å². The molecule has 2 unspecified atom stereocenters. The minimum atomic E-state index is -0.813. The van der Waals surface area contributed by atoms with Crippen molar-refractivity contribution >= 4 is 6.29 Å². The van der Waals surface area contributed by atoms with E-state index in [4.69, 9.17) is 24.7 Å². The van der Waals surface area contributed by atoms with Gasteiger partial charge in [0.25, 0.3) is 0 Å². The van der Waals surface area contributed by atoms with Crippen LogP contribution in [0.3, 0.4) is 0 Å². The second kappa shape index (κ2) is 9.33. The summed E-state index contributed by atoms with van der Waals surface area (Å²) in [6.07, 6.45) is 1.00. The number of carbonyl (C=O) groups excluding carboxylic acids is 1. The first-order valence-electron chi connectivity index (χ1n) is 10.5. The molecule has 172 valence electrons. The standard InChI is InChI=1S/C23H27NO8/c24-3-4-29-5-6-30-7-8-32-23-11-14-9-19(27)20(28)10-16(14)21(23)15-1-2-18(26)17(12-25)22(15)31-13-23/h1-2,9-10,12,21,26-28H,3-8,11,13,24H2. The first-order chi connectivity index (χ1) is 15.5. The maximum Gasteiger partial charge on any atom is 0.157 e. The largest absolute Gasteiger partial charge is 0.507 e. The molecule has 0 bridgehead atoms. The topological polar surface area (TPSA) is 141 Å². The zero-order valence-electron chi connectivity index (χ0n) is 17.6. The third-order valence-electron chi connectivity index (χ3n) is 5.91. The Kier molecular flexibility index (Phi) is 6.52. The quantitative estimate of drug-likeness (QED) is 0.243. The number of hydrogen-bond donors (Lipinski definition) is 4. The summed E-state index contributed by atoms with van der Waals surface area (Å²) in [5, 5.41) is 30.2. The fraction of sp³-hybridized carbons (Fsp3) is 0.435. The van der Waals surface area contributed by atoms with Crippen LogP contribution in [0.1, 0.15) is 33.0 Å². The molecule has 9 heteroatoms. The second-order valence-electron chi connectivity index (χ2n) is 7.90. The van der Waals surface area contributed by atoms with Gasteiger partial charge in [-0.05, 0) is 29.3 Å². The summed E-state index contributed by atoms with van der Waals surface area (Å²) in [6, 6.07) is 6.20. The highest BCUT2D eigenvalue weighted by Crippen LogP contribution is 2.55. The van der Waals surface area contributed by atoms with Crippen LogP contribution in [0.25, 0.3) is 0 Å². The van der Waals surface area contributed by atoms with Gasteiger partial charge in [-0.1, -0.05) is 6.07 Å². The number of nitrogens with two attached hydrogens (primary N) is 1. The molecular formula is C23H27NO8. The van der Waals surface area contributed by atoms with Gasteiger partial charge >= 0.3 is 0 Å². The number of benzene rings is 2. The molecule has 2 aliphatic rings. The normalized spacial score (nSPS) is 20.8. The van der Waals surface area contributed by atoms with Crippen molar-refractivity contribution in [1.29, 1.82) is 0 Å². The Bertz CT molecular complexity index is 994. The molecule has 2 aromatic carbocycles. The number of aromatic hydroxyl groups is 3. The molecule has 5 N–H and O–H groups in total. The van der Waals surface area contributed by atoms with Crippen LogP contribution in [-0.2, 0) is 20.6 Å². The van der Waals surface area contributed by atoms with E-state index in [1.54, 1.807) is 6.07 Å². The molecule has 2 aromatic rings. The van der Waals surface area contributed by atoms with Gasteiger partial charge in [0, 0.05) is 24.4 Å². The lowest BCUT2D eigenvalue weighted by molar-refractivity contribution is -0.102. The van der Waals surface area contributed by atoms with Gasteiger partial charge in [-0.15, -0.1) is 0 Å². The van der Waals surface area contributed by atoms with Gasteiger partial charge in [-0.2, -0.15) is 0 Å². The molecule has 0 saturated carbocycles. The smallest absolute Gasteiger partial charge is 0.157 e. The molecule has 9 nitrogen and oxygen atoms in total. The lowest BCUT2D eigenvalue weighted by Gasteiger charge is -2.41. The van der Waals surface area contributed by atoms with Gasteiger partial charge in [-0.3, -0.25) is 4.79 Å². The number of ether oxygens (including phenoxy) is 4. The Labute approximate surface area is 185 Å². The predicted octanol–water partition coefficient (Wildman–Crippen LogP) is 1.44. The molecule has 0 saturated heterocycles. The molecule has 0 aromatic heterocycles. The fourth-order valence-electron chi connectivity index (χ4n) is 4.54. The molecule has 0 fully saturated rings.